The molecule has 9 rings (SSSR count). The minimum absolute atomic E-state index is 0.0763. The van der Waals surface area contributed by atoms with Gasteiger partial charge in [-0.2, -0.15) is 0 Å². The molecule has 0 aromatic heterocycles. The molecule has 0 saturated carbocycles. The van der Waals surface area contributed by atoms with E-state index >= 15 is 0 Å². The number of hydrogen-bond acceptors (Lipinski definition) is 0. The van der Waals surface area contributed by atoms with Crippen LogP contribution < -0.4 is 13.7 Å². The van der Waals surface area contributed by atoms with Gasteiger partial charge in [-0.25, -0.2) is 0 Å². The summed E-state index contributed by atoms with van der Waals surface area (Å²) in [6.07, 6.45) is -5.12. The van der Waals surface area contributed by atoms with Crippen molar-refractivity contribution in [1.29, 1.82) is 0 Å². The van der Waals surface area contributed by atoms with E-state index in [1.54, 1.807) is 24.3 Å². The molecule has 6 aromatic carbocycles. The SMILES string of the molecule is CC(C)C1=Cc2c(-c3ccccc3C(F)(F)F)cccc2[CH]1[Hf]([Cl])([Cl])([c]1cccc2c1[SiH2]c1ccccc1-2)[CH]1C(C(C)C)=Cc2c(-c3ccccc3C(F)(F)F)cccc21. The van der Waals surface area contributed by atoms with E-state index in [-0.39, 0.29) is 23.0 Å². The summed E-state index contributed by atoms with van der Waals surface area (Å²) in [7, 11) is 17.0. The molecule has 2 unspecified atom stereocenters. The zero-order chi connectivity index (χ0) is 42.5. The molecule has 305 valence electrons. The molecule has 1 aliphatic heterocycles. The fourth-order valence-electron chi connectivity index (χ4n) is 10.5. The molecule has 0 nitrogen and oxygen atoms in total. The van der Waals surface area contributed by atoms with Crippen LogP contribution in [0.2, 0.25) is 0 Å². The zero-order valence-corrected chi connectivity index (χ0v) is 39.8. The summed E-state index contributed by atoms with van der Waals surface area (Å²) < 4.78 is 87.8. The Balaban J connectivity index is 1.38. The number of halogens is 8. The molecule has 0 radical (unpaired) electrons. The number of fused-ring (bicyclic) bond motifs is 5. The van der Waals surface area contributed by atoms with Crippen LogP contribution in [-0.4, -0.2) is 9.52 Å². The quantitative estimate of drug-likeness (QED) is 0.110. The van der Waals surface area contributed by atoms with E-state index in [2.05, 4.69) is 52.0 Å². The molecule has 6 aromatic rings. The monoisotopic (exact) mass is 1030 g/mol. The maximum atomic E-state index is 14.7. The van der Waals surface area contributed by atoms with Gasteiger partial charge < -0.3 is 0 Å². The van der Waals surface area contributed by atoms with Gasteiger partial charge >= 0.3 is 360 Å². The summed E-state index contributed by atoms with van der Waals surface area (Å²) in [5.41, 5.74) is 6.67. The Hall–Kier alpha value is -3.95. The molecule has 2 aliphatic carbocycles. The van der Waals surface area contributed by atoms with Gasteiger partial charge in [0.1, 0.15) is 0 Å². The summed E-state index contributed by atoms with van der Waals surface area (Å²) in [6.45, 7) is 8.31. The van der Waals surface area contributed by atoms with Gasteiger partial charge in [0.05, 0.1) is 0 Å². The first kappa shape index (κ1) is 41.4. The topological polar surface area (TPSA) is 0 Å². The molecule has 0 spiro atoms. The van der Waals surface area contributed by atoms with Gasteiger partial charge in [0, 0.05) is 0 Å². The van der Waals surface area contributed by atoms with Crippen LogP contribution >= 0.6 is 17.2 Å². The minimum atomic E-state index is -6.32. The van der Waals surface area contributed by atoms with Crippen molar-refractivity contribution in [3.05, 3.63) is 172 Å². The van der Waals surface area contributed by atoms with E-state index < -0.39 is 56.5 Å². The standard InChI is InChI=1S/2C19H16F3.C12H9Si.2ClH.Hf/c2*1-12(2)14-10-13-6-5-8-15(17(13)11-14)16-7-3-4-9-18(16)19(20,21)22;1-3-7-11-9(5-1)10-6-2-4-8-12(10)13-11;;;/h2*3-12H,1-2H3;1-7H,13H2;2*1H;/q;;;;;+2/p-2. The van der Waals surface area contributed by atoms with E-state index in [0.717, 1.165) is 48.9 Å². The molecule has 0 bridgehead atoms. The Bertz CT molecular complexity index is 2660. The molecule has 0 amide bonds. The molecule has 0 saturated heterocycles. The van der Waals surface area contributed by atoms with Crippen molar-refractivity contribution in [2.24, 2.45) is 11.8 Å². The van der Waals surface area contributed by atoms with Crippen molar-refractivity contribution in [2.75, 3.05) is 0 Å². The molecule has 0 fully saturated rings. The van der Waals surface area contributed by atoms with E-state index in [1.807, 2.05) is 54.6 Å². The summed E-state index contributed by atoms with van der Waals surface area (Å²) in [5.74, 6) is -0.214. The van der Waals surface area contributed by atoms with Gasteiger partial charge in [-0.15, -0.1) is 0 Å². The zero-order valence-electron chi connectivity index (χ0n) is 33.3. The van der Waals surface area contributed by atoms with Crippen LogP contribution in [0.5, 0.6) is 0 Å². The van der Waals surface area contributed by atoms with Crippen LogP contribution in [0.25, 0.3) is 45.5 Å². The van der Waals surface area contributed by atoms with Crippen LogP contribution in [0.3, 0.4) is 0 Å². The molecular formula is C50H41Cl2F6HfSi. The molecule has 60 heavy (non-hydrogen) atoms. The fraction of sp³-hybridized carbons (Fsp3) is 0.200. The Kier molecular flexibility index (Phi) is 10.1. The predicted octanol–water partition coefficient (Wildman–Crippen LogP) is 13.4. The van der Waals surface area contributed by atoms with Gasteiger partial charge in [-0.05, 0) is 0 Å². The Morgan fingerprint density at radius 3 is 1.35 bits per heavy atom. The van der Waals surface area contributed by atoms with E-state index in [0.29, 0.717) is 22.3 Å². The first-order valence-electron chi connectivity index (χ1n) is 20.2. The third-order valence-corrected chi connectivity index (χ3v) is 44.5. The van der Waals surface area contributed by atoms with Crippen LogP contribution in [0, 0.1) is 11.8 Å². The first-order valence-corrected chi connectivity index (χ1v) is 36.5. The van der Waals surface area contributed by atoms with Crippen molar-refractivity contribution in [2.45, 2.75) is 47.4 Å². The summed E-state index contributed by atoms with van der Waals surface area (Å²) >= 11 is -6.32. The third-order valence-electron chi connectivity index (χ3n) is 13.0. The van der Waals surface area contributed by atoms with Crippen LogP contribution in [0.1, 0.15) is 68.4 Å². The summed E-state index contributed by atoms with van der Waals surface area (Å²) in [4.78, 5) is 0. The Morgan fingerprint density at radius 1 is 0.483 bits per heavy atom. The van der Waals surface area contributed by atoms with E-state index in [4.69, 9.17) is 17.2 Å². The van der Waals surface area contributed by atoms with Gasteiger partial charge in [0.25, 0.3) is 0 Å². The summed E-state index contributed by atoms with van der Waals surface area (Å²) in [6, 6.07) is 37.0. The Labute approximate surface area is 357 Å². The summed E-state index contributed by atoms with van der Waals surface area (Å²) in [5, 5.41) is 2.45. The number of hydrogen-bond donors (Lipinski definition) is 0. The fourth-order valence-corrected chi connectivity index (χ4v) is 50.0. The predicted molar refractivity (Wildman–Crippen MR) is 236 cm³/mol. The third kappa shape index (κ3) is 6.33. The van der Waals surface area contributed by atoms with Crippen molar-refractivity contribution in [3.8, 4) is 33.4 Å². The van der Waals surface area contributed by atoms with Gasteiger partial charge in [-0.3, -0.25) is 0 Å². The molecule has 1 heterocycles. The molecule has 0 N–H and O–H groups in total. The molecule has 2 atom stereocenters. The molecule has 10 heteroatoms. The van der Waals surface area contributed by atoms with Gasteiger partial charge in [-0.1, -0.05) is 0 Å². The van der Waals surface area contributed by atoms with Crippen molar-refractivity contribution in [1.82, 2.24) is 0 Å². The van der Waals surface area contributed by atoms with Crippen molar-refractivity contribution in [3.63, 3.8) is 0 Å². The second-order valence-corrected chi connectivity index (χ2v) is 48.1. The number of allylic oxidation sites excluding steroid dienone is 2. The average Bonchev–Trinajstić information content (AvgIpc) is 3.93. The van der Waals surface area contributed by atoms with E-state index in [1.165, 1.54) is 34.6 Å². The Morgan fingerprint density at radius 2 is 0.883 bits per heavy atom. The van der Waals surface area contributed by atoms with Crippen LogP contribution in [0.15, 0.2) is 139 Å². The number of benzene rings is 6. The second-order valence-electron chi connectivity index (χ2n) is 17.0. The molecule has 3 aliphatic rings. The first-order chi connectivity index (χ1) is 28.4. The normalized spacial score (nSPS) is 18.2. The second kappa shape index (κ2) is 14.6. The number of alkyl halides is 6. The van der Waals surface area contributed by atoms with Crippen molar-refractivity contribution >= 4 is 52.5 Å². The van der Waals surface area contributed by atoms with Crippen LogP contribution in [-0.2, 0) is 28.5 Å². The molecular weight excluding hydrogens is 992 g/mol. The average molecular weight is 1030 g/mol. The number of rotatable bonds is 7. The maximum absolute atomic E-state index is 14.7. The van der Waals surface area contributed by atoms with Gasteiger partial charge in [0.2, 0.25) is 0 Å². The van der Waals surface area contributed by atoms with E-state index in [9.17, 15) is 26.3 Å². The van der Waals surface area contributed by atoms with Crippen molar-refractivity contribution < 1.29 is 42.5 Å². The van der Waals surface area contributed by atoms with Crippen LogP contribution in [0.4, 0.5) is 26.3 Å². The van der Waals surface area contributed by atoms with Gasteiger partial charge in [0.15, 0.2) is 0 Å².